The van der Waals surface area contributed by atoms with Gasteiger partial charge in [0.2, 0.25) is 0 Å². The van der Waals surface area contributed by atoms with Gasteiger partial charge in [0.15, 0.2) is 0 Å². The number of rotatable bonds is 3. The molecule has 0 aromatic carbocycles. The summed E-state index contributed by atoms with van der Waals surface area (Å²) in [5.74, 6) is 0.382. The van der Waals surface area contributed by atoms with E-state index in [0.717, 1.165) is 31.1 Å². The highest BCUT2D eigenvalue weighted by molar-refractivity contribution is 7.09. The van der Waals surface area contributed by atoms with Crippen molar-refractivity contribution in [3.63, 3.8) is 0 Å². The van der Waals surface area contributed by atoms with E-state index < -0.39 is 0 Å². The summed E-state index contributed by atoms with van der Waals surface area (Å²) in [7, 11) is 0. The second kappa shape index (κ2) is 5.41. The van der Waals surface area contributed by atoms with Crippen LogP contribution >= 0.6 is 11.3 Å². The predicted octanol–water partition coefficient (Wildman–Crippen LogP) is 1.61. The molecular formula is C11H16N2O2S. The lowest BCUT2D eigenvalue weighted by Crippen LogP contribution is -2.33. The average molecular weight is 240 g/mol. The van der Waals surface area contributed by atoms with E-state index in [4.69, 9.17) is 4.74 Å². The molecule has 2 rings (SSSR count). The Morgan fingerprint density at radius 2 is 2.62 bits per heavy atom. The number of carbonyl (C=O) groups is 1. The van der Waals surface area contributed by atoms with Crippen molar-refractivity contribution >= 4 is 17.2 Å². The minimum Gasteiger partial charge on any atom is -0.381 e. The molecule has 1 N–H and O–H groups in total. The minimum absolute atomic E-state index is 0.0741. The van der Waals surface area contributed by atoms with Crippen molar-refractivity contribution in [2.45, 2.75) is 19.8 Å². The lowest BCUT2D eigenvalue weighted by Gasteiger charge is -2.21. The first-order valence-electron chi connectivity index (χ1n) is 5.54. The Balaban J connectivity index is 1.79. The molecule has 0 spiro atoms. The lowest BCUT2D eigenvalue weighted by atomic mass is 10.0. The summed E-state index contributed by atoms with van der Waals surface area (Å²) in [5.41, 5.74) is 0.527. The van der Waals surface area contributed by atoms with Gasteiger partial charge in [-0.2, -0.15) is 0 Å². The molecule has 0 aliphatic carbocycles. The van der Waals surface area contributed by atoms with Crippen LogP contribution < -0.4 is 5.32 Å². The quantitative estimate of drug-likeness (QED) is 0.873. The second-order valence-electron chi connectivity index (χ2n) is 4.04. The van der Waals surface area contributed by atoms with Gasteiger partial charge in [0, 0.05) is 18.5 Å². The Kier molecular flexibility index (Phi) is 3.90. The molecule has 1 atom stereocenters. The Morgan fingerprint density at radius 1 is 1.75 bits per heavy atom. The molecule has 1 amide bonds. The highest BCUT2D eigenvalue weighted by atomic mass is 32.1. The molecule has 1 aliphatic heterocycles. The Labute approximate surface area is 99.0 Å². The van der Waals surface area contributed by atoms with E-state index in [1.165, 1.54) is 11.3 Å². The van der Waals surface area contributed by atoms with Crippen LogP contribution in [-0.2, 0) is 4.74 Å². The molecule has 4 nitrogen and oxygen atoms in total. The highest BCUT2D eigenvalue weighted by Gasteiger charge is 2.16. The summed E-state index contributed by atoms with van der Waals surface area (Å²) < 4.78 is 5.36. The number of hydrogen-bond acceptors (Lipinski definition) is 4. The van der Waals surface area contributed by atoms with Gasteiger partial charge < -0.3 is 10.1 Å². The number of carbonyl (C=O) groups excluding carboxylic acids is 1. The number of hydrogen-bond donors (Lipinski definition) is 1. The van der Waals surface area contributed by atoms with Crippen molar-refractivity contribution in [1.29, 1.82) is 0 Å². The van der Waals surface area contributed by atoms with Gasteiger partial charge in [0.1, 0.15) is 5.69 Å². The minimum atomic E-state index is -0.0741. The molecule has 2 heterocycles. The largest absolute Gasteiger partial charge is 0.381 e. The van der Waals surface area contributed by atoms with E-state index in [2.05, 4.69) is 10.3 Å². The molecule has 1 saturated heterocycles. The lowest BCUT2D eigenvalue weighted by molar-refractivity contribution is 0.0536. The maximum absolute atomic E-state index is 11.7. The number of amides is 1. The zero-order valence-electron chi connectivity index (χ0n) is 9.36. The molecule has 1 aliphatic rings. The number of aryl methyl sites for hydroxylation is 1. The Morgan fingerprint density at radius 3 is 3.25 bits per heavy atom. The molecule has 88 valence electrons. The highest BCUT2D eigenvalue weighted by Crippen LogP contribution is 2.13. The summed E-state index contributed by atoms with van der Waals surface area (Å²) in [4.78, 5) is 15.8. The Hall–Kier alpha value is -0.940. The molecule has 0 radical (unpaired) electrons. The summed E-state index contributed by atoms with van der Waals surface area (Å²) in [6.07, 6.45) is 2.23. The fraction of sp³-hybridized carbons (Fsp3) is 0.636. The normalized spacial score (nSPS) is 20.7. The number of thiazole rings is 1. The summed E-state index contributed by atoms with van der Waals surface area (Å²) in [6.45, 7) is 4.21. The topological polar surface area (TPSA) is 51.2 Å². The molecule has 1 aromatic heterocycles. The van der Waals surface area contributed by atoms with E-state index in [-0.39, 0.29) is 5.91 Å². The summed E-state index contributed by atoms with van der Waals surface area (Å²) in [5, 5.41) is 5.62. The predicted molar refractivity (Wildman–Crippen MR) is 62.7 cm³/mol. The van der Waals surface area contributed by atoms with Crippen LogP contribution in [0.25, 0.3) is 0 Å². The third-order valence-corrected chi connectivity index (χ3v) is 3.43. The van der Waals surface area contributed by atoms with Crippen molar-refractivity contribution in [1.82, 2.24) is 10.3 Å². The number of aromatic nitrogens is 1. The van der Waals surface area contributed by atoms with Gasteiger partial charge in [-0.15, -0.1) is 11.3 Å². The first-order chi connectivity index (χ1) is 7.75. The number of nitrogens with zero attached hydrogens (tertiary/aromatic N) is 1. The summed E-state index contributed by atoms with van der Waals surface area (Å²) in [6, 6.07) is 0. The van der Waals surface area contributed by atoms with Gasteiger partial charge in [-0.1, -0.05) is 0 Å². The standard InChI is InChI=1S/C11H16N2O2S/c1-8-13-10(7-16-8)11(14)12-5-9-3-2-4-15-6-9/h7,9H,2-6H2,1H3,(H,12,14)/t9-/m1/s1. The van der Waals surface area contributed by atoms with Crippen LogP contribution in [-0.4, -0.2) is 30.6 Å². The number of nitrogens with one attached hydrogen (secondary N) is 1. The van der Waals surface area contributed by atoms with E-state index in [9.17, 15) is 4.79 Å². The molecular weight excluding hydrogens is 224 g/mol. The van der Waals surface area contributed by atoms with E-state index in [0.29, 0.717) is 18.2 Å². The van der Waals surface area contributed by atoms with Crippen molar-refractivity contribution in [3.8, 4) is 0 Å². The van der Waals surface area contributed by atoms with Gasteiger partial charge in [-0.25, -0.2) is 4.98 Å². The van der Waals surface area contributed by atoms with Crippen LogP contribution in [0.5, 0.6) is 0 Å². The van der Waals surface area contributed by atoms with E-state index in [1.54, 1.807) is 5.38 Å². The molecule has 16 heavy (non-hydrogen) atoms. The van der Waals surface area contributed by atoms with Crippen LogP contribution in [0.2, 0.25) is 0 Å². The van der Waals surface area contributed by atoms with Gasteiger partial charge in [0.25, 0.3) is 5.91 Å². The second-order valence-corrected chi connectivity index (χ2v) is 5.11. The van der Waals surface area contributed by atoms with E-state index in [1.807, 2.05) is 6.92 Å². The van der Waals surface area contributed by atoms with Crippen molar-refractivity contribution < 1.29 is 9.53 Å². The molecule has 1 fully saturated rings. The van der Waals surface area contributed by atoms with Crippen molar-refractivity contribution in [2.24, 2.45) is 5.92 Å². The van der Waals surface area contributed by atoms with E-state index >= 15 is 0 Å². The first-order valence-corrected chi connectivity index (χ1v) is 6.42. The monoisotopic (exact) mass is 240 g/mol. The third kappa shape index (κ3) is 3.02. The Bertz CT molecular complexity index is 359. The SMILES string of the molecule is Cc1nc(C(=O)NC[C@H]2CCCOC2)cs1. The van der Waals surface area contributed by atoms with Crippen LogP contribution in [0.15, 0.2) is 5.38 Å². The molecule has 1 aromatic rings. The summed E-state index contributed by atoms with van der Waals surface area (Å²) >= 11 is 1.50. The van der Waals surface area contributed by atoms with Crippen molar-refractivity contribution in [2.75, 3.05) is 19.8 Å². The fourth-order valence-corrected chi connectivity index (χ4v) is 2.36. The van der Waals surface area contributed by atoms with Gasteiger partial charge >= 0.3 is 0 Å². The van der Waals surface area contributed by atoms with Gasteiger partial charge in [-0.05, 0) is 25.7 Å². The fourth-order valence-electron chi connectivity index (χ4n) is 1.76. The number of ether oxygens (including phenoxy) is 1. The zero-order chi connectivity index (χ0) is 11.4. The van der Waals surface area contributed by atoms with Crippen LogP contribution in [0.4, 0.5) is 0 Å². The maximum atomic E-state index is 11.7. The van der Waals surface area contributed by atoms with Crippen LogP contribution in [0, 0.1) is 12.8 Å². The first kappa shape index (κ1) is 11.5. The average Bonchev–Trinajstić information content (AvgIpc) is 2.74. The van der Waals surface area contributed by atoms with Gasteiger partial charge in [-0.3, -0.25) is 4.79 Å². The molecule has 5 heteroatoms. The third-order valence-electron chi connectivity index (χ3n) is 2.66. The maximum Gasteiger partial charge on any atom is 0.270 e. The zero-order valence-corrected chi connectivity index (χ0v) is 10.2. The molecule has 0 bridgehead atoms. The van der Waals surface area contributed by atoms with Crippen molar-refractivity contribution in [3.05, 3.63) is 16.1 Å². The molecule has 0 unspecified atom stereocenters. The van der Waals surface area contributed by atoms with Crippen LogP contribution in [0.1, 0.15) is 28.3 Å². The van der Waals surface area contributed by atoms with Crippen LogP contribution in [0.3, 0.4) is 0 Å². The molecule has 0 saturated carbocycles. The van der Waals surface area contributed by atoms with Gasteiger partial charge in [0.05, 0.1) is 11.6 Å². The smallest absolute Gasteiger partial charge is 0.270 e.